The first-order valence-corrected chi connectivity index (χ1v) is 8.82. The number of amides is 4. The number of nitrogens with zero attached hydrogens (tertiary/aromatic N) is 3. The molecule has 0 aromatic heterocycles. The van der Waals surface area contributed by atoms with E-state index in [0.717, 1.165) is 14.9 Å². The van der Waals surface area contributed by atoms with Crippen molar-refractivity contribution in [2.24, 2.45) is 5.10 Å². The molecule has 2 aromatic rings. The minimum absolute atomic E-state index is 0.120. The Morgan fingerprint density at radius 2 is 1.56 bits per heavy atom. The van der Waals surface area contributed by atoms with Crippen molar-refractivity contribution in [3.8, 4) is 0 Å². The van der Waals surface area contributed by atoms with Gasteiger partial charge in [0.1, 0.15) is 0 Å². The Morgan fingerprint density at radius 1 is 0.963 bits per heavy atom. The maximum absolute atomic E-state index is 12.8. The largest absolute Gasteiger partial charge is 0.286 e. The Morgan fingerprint density at radius 3 is 2.11 bits per heavy atom. The normalized spacial score (nSPS) is 17.0. The second-order valence-corrected chi connectivity index (χ2v) is 7.05. The van der Waals surface area contributed by atoms with Crippen LogP contribution in [0.4, 0.5) is 5.69 Å². The second-order valence-electron chi connectivity index (χ2n) is 6.19. The van der Waals surface area contributed by atoms with Crippen LogP contribution < -0.4 is 4.90 Å². The molecule has 0 saturated heterocycles. The Labute approximate surface area is 162 Å². The van der Waals surface area contributed by atoms with E-state index < -0.39 is 23.6 Å². The number of carbonyl (C=O) groups excluding carboxylic acids is 4. The first-order chi connectivity index (χ1) is 12.8. The fourth-order valence-electron chi connectivity index (χ4n) is 3.15. The molecule has 7 nitrogen and oxygen atoms in total. The lowest BCUT2D eigenvalue weighted by Gasteiger charge is -2.12. The minimum atomic E-state index is -0.674. The number of rotatable bonds is 1. The summed E-state index contributed by atoms with van der Waals surface area (Å²) in [4.78, 5) is 50.9. The van der Waals surface area contributed by atoms with Crippen molar-refractivity contribution in [1.82, 2.24) is 5.01 Å². The zero-order valence-corrected chi connectivity index (χ0v) is 15.9. The minimum Gasteiger partial charge on any atom is -0.274 e. The molecule has 0 atom stereocenters. The van der Waals surface area contributed by atoms with Crippen LogP contribution >= 0.6 is 15.9 Å². The molecule has 0 aliphatic carbocycles. The SMILES string of the molecule is CC(=O)N1C(=O)C(=NN2C(=O)c3ccccc3C2=O)c2cc(C)c(Br)cc21. The first-order valence-electron chi connectivity index (χ1n) is 8.03. The van der Waals surface area contributed by atoms with Gasteiger partial charge >= 0.3 is 0 Å². The molecule has 8 heteroatoms. The molecule has 134 valence electrons. The summed E-state index contributed by atoms with van der Waals surface area (Å²) in [5.41, 5.74) is 1.92. The number of carbonyl (C=O) groups is 4. The van der Waals surface area contributed by atoms with Crippen LogP contribution in [-0.4, -0.2) is 34.3 Å². The molecular weight excluding hydrogens is 414 g/mol. The van der Waals surface area contributed by atoms with E-state index in [4.69, 9.17) is 0 Å². The molecule has 2 heterocycles. The van der Waals surface area contributed by atoms with Gasteiger partial charge < -0.3 is 0 Å². The molecule has 4 amide bonds. The van der Waals surface area contributed by atoms with Crippen molar-refractivity contribution in [2.75, 3.05) is 4.90 Å². The fraction of sp³-hybridized carbons (Fsp3) is 0.105. The molecule has 0 radical (unpaired) electrons. The molecule has 2 aromatic carbocycles. The standard InChI is InChI=1S/C19H12BrN3O4/c1-9-7-13-15(8-14(9)20)22(10(2)24)19(27)16(13)21-23-17(25)11-5-3-4-6-12(11)18(23)26/h3-8H,1-2H3. The number of hydrogen-bond donors (Lipinski definition) is 0. The Hall–Kier alpha value is -3.13. The zero-order valence-electron chi connectivity index (χ0n) is 14.3. The van der Waals surface area contributed by atoms with Crippen LogP contribution in [0.15, 0.2) is 46.0 Å². The van der Waals surface area contributed by atoms with Crippen molar-refractivity contribution in [1.29, 1.82) is 0 Å². The molecule has 0 fully saturated rings. The fourth-order valence-corrected chi connectivity index (χ4v) is 3.48. The van der Waals surface area contributed by atoms with E-state index in [1.54, 1.807) is 24.3 Å². The summed E-state index contributed by atoms with van der Waals surface area (Å²) < 4.78 is 0.724. The lowest BCUT2D eigenvalue weighted by atomic mass is 10.1. The van der Waals surface area contributed by atoms with E-state index in [2.05, 4.69) is 21.0 Å². The maximum atomic E-state index is 12.8. The highest BCUT2D eigenvalue weighted by Crippen LogP contribution is 2.35. The van der Waals surface area contributed by atoms with Gasteiger partial charge in [-0.3, -0.25) is 19.2 Å². The summed E-state index contributed by atoms with van der Waals surface area (Å²) in [6.07, 6.45) is 0. The number of aryl methyl sites for hydroxylation is 1. The number of imide groups is 2. The molecule has 0 unspecified atom stereocenters. The Kier molecular flexibility index (Phi) is 3.81. The van der Waals surface area contributed by atoms with Crippen molar-refractivity contribution in [3.05, 3.63) is 63.1 Å². The van der Waals surface area contributed by atoms with E-state index in [1.165, 1.54) is 19.1 Å². The van der Waals surface area contributed by atoms with E-state index >= 15 is 0 Å². The van der Waals surface area contributed by atoms with Crippen LogP contribution in [0, 0.1) is 6.92 Å². The summed E-state index contributed by atoms with van der Waals surface area (Å²) in [5, 5.41) is 4.75. The van der Waals surface area contributed by atoms with Gasteiger partial charge in [-0.15, -0.1) is 0 Å². The Balaban J connectivity index is 1.87. The van der Waals surface area contributed by atoms with Crippen LogP contribution in [-0.2, 0) is 9.59 Å². The third-order valence-electron chi connectivity index (χ3n) is 4.47. The number of hydrogen-bond acceptors (Lipinski definition) is 5. The lowest BCUT2D eigenvalue weighted by Crippen LogP contribution is -2.36. The van der Waals surface area contributed by atoms with Crippen LogP contribution in [0.1, 0.15) is 38.8 Å². The summed E-state index contributed by atoms with van der Waals surface area (Å²) >= 11 is 3.38. The molecule has 27 heavy (non-hydrogen) atoms. The van der Waals surface area contributed by atoms with Crippen molar-refractivity contribution < 1.29 is 19.2 Å². The van der Waals surface area contributed by atoms with E-state index in [0.29, 0.717) is 16.3 Å². The quantitative estimate of drug-likeness (QED) is 0.657. The van der Waals surface area contributed by atoms with Crippen molar-refractivity contribution >= 4 is 51.0 Å². The third kappa shape index (κ3) is 2.44. The molecule has 2 aliphatic heterocycles. The predicted molar refractivity (Wildman–Crippen MR) is 101 cm³/mol. The third-order valence-corrected chi connectivity index (χ3v) is 5.32. The average Bonchev–Trinajstić information content (AvgIpc) is 3.02. The molecular formula is C19H12BrN3O4. The van der Waals surface area contributed by atoms with Gasteiger partial charge in [-0.2, -0.15) is 10.1 Å². The van der Waals surface area contributed by atoms with E-state index in [9.17, 15) is 19.2 Å². The van der Waals surface area contributed by atoms with Gasteiger partial charge in [-0.05, 0) is 36.8 Å². The number of fused-ring (bicyclic) bond motifs is 2. The summed E-state index contributed by atoms with van der Waals surface area (Å²) in [5.74, 6) is -2.36. The smallest absolute Gasteiger partial charge is 0.274 e. The lowest BCUT2D eigenvalue weighted by molar-refractivity contribution is -0.121. The van der Waals surface area contributed by atoms with E-state index in [-0.39, 0.29) is 16.8 Å². The summed E-state index contributed by atoms with van der Waals surface area (Å²) in [6, 6.07) is 9.70. The number of halogens is 1. The van der Waals surface area contributed by atoms with Crippen LogP contribution in [0.3, 0.4) is 0 Å². The van der Waals surface area contributed by atoms with Gasteiger partial charge in [0.05, 0.1) is 16.8 Å². The zero-order chi connectivity index (χ0) is 19.5. The van der Waals surface area contributed by atoms with Gasteiger partial charge in [0.25, 0.3) is 17.7 Å². The van der Waals surface area contributed by atoms with Crippen molar-refractivity contribution in [3.63, 3.8) is 0 Å². The monoisotopic (exact) mass is 425 g/mol. The highest BCUT2D eigenvalue weighted by atomic mass is 79.9. The molecule has 0 bridgehead atoms. The van der Waals surface area contributed by atoms with Gasteiger partial charge in [0.2, 0.25) is 5.91 Å². The number of anilines is 1. The van der Waals surface area contributed by atoms with Gasteiger partial charge in [-0.1, -0.05) is 28.1 Å². The van der Waals surface area contributed by atoms with Gasteiger partial charge in [0, 0.05) is 17.0 Å². The molecule has 0 N–H and O–H groups in total. The maximum Gasteiger partial charge on any atom is 0.286 e. The second kappa shape index (κ2) is 5.95. The highest BCUT2D eigenvalue weighted by Gasteiger charge is 2.41. The predicted octanol–water partition coefficient (Wildman–Crippen LogP) is 2.65. The molecule has 0 saturated carbocycles. The van der Waals surface area contributed by atoms with E-state index in [1.807, 2.05) is 6.92 Å². The average molecular weight is 426 g/mol. The summed E-state index contributed by atoms with van der Waals surface area (Å²) in [6.45, 7) is 3.09. The number of hydrazone groups is 1. The topological polar surface area (TPSA) is 87.1 Å². The molecule has 4 rings (SSSR count). The first kappa shape index (κ1) is 17.3. The van der Waals surface area contributed by atoms with Crippen LogP contribution in [0.5, 0.6) is 0 Å². The summed E-state index contributed by atoms with van der Waals surface area (Å²) in [7, 11) is 0. The number of benzene rings is 2. The van der Waals surface area contributed by atoms with Crippen molar-refractivity contribution in [2.45, 2.75) is 13.8 Å². The van der Waals surface area contributed by atoms with Gasteiger partial charge in [-0.25, -0.2) is 4.90 Å². The van der Waals surface area contributed by atoms with Crippen LogP contribution in [0.2, 0.25) is 0 Å². The molecule has 0 spiro atoms. The highest BCUT2D eigenvalue weighted by molar-refractivity contribution is 9.10. The molecule has 2 aliphatic rings. The van der Waals surface area contributed by atoms with Gasteiger partial charge in [0.15, 0.2) is 5.71 Å². The van der Waals surface area contributed by atoms with Crippen LogP contribution in [0.25, 0.3) is 0 Å². The Bertz CT molecular complexity index is 1070.